The molecule has 0 aliphatic heterocycles. The van der Waals surface area contributed by atoms with E-state index in [1.807, 2.05) is 40.9 Å². The molecule has 3 aromatic carbocycles. The van der Waals surface area contributed by atoms with E-state index in [0.717, 1.165) is 38.4 Å². The Hall–Kier alpha value is -3.37. The predicted molar refractivity (Wildman–Crippen MR) is 123 cm³/mol. The standard InChI is InChI=1S/C25H20N2O2.ClH/c28-25(29)14-22(20-10-9-17-5-1-2-6-18(17)11-20)12-23-16-27-15-21-8-4-3-7-19(21)13-24(27)26-23;/h1-11,13,15-16,22H,12,14H2,(H,28,29);1H. The van der Waals surface area contributed by atoms with E-state index < -0.39 is 5.97 Å². The number of imidazole rings is 1. The third-order valence-electron chi connectivity index (χ3n) is 5.49. The van der Waals surface area contributed by atoms with Crippen molar-refractivity contribution in [3.63, 3.8) is 0 Å². The zero-order valence-electron chi connectivity index (χ0n) is 16.2. The van der Waals surface area contributed by atoms with Crippen LogP contribution in [0, 0.1) is 0 Å². The van der Waals surface area contributed by atoms with Crippen molar-refractivity contribution in [1.29, 1.82) is 0 Å². The number of benzene rings is 3. The first-order valence-corrected chi connectivity index (χ1v) is 9.72. The van der Waals surface area contributed by atoms with Gasteiger partial charge in [0.2, 0.25) is 0 Å². The molecular weight excluding hydrogens is 396 g/mol. The van der Waals surface area contributed by atoms with Gasteiger partial charge in [0.15, 0.2) is 0 Å². The molecule has 4 nitrogen and oxygen atoms in total. The van der Waals surface area contributed by atoms with E-state index in [9.17, 15) is 9.90 Å². The number of aromatic nitrogens is 2. The van der Waals surface area contributed by atoms with Crippen molar-refractivity contribution in [3.8, 4) is 0 Å². The number of pyridine rings is 1. The second-order valence-electron chi connectivity index (χ2n) is 7.51. The molecule has 30 heavy (non-hydrogen) atoms. The van der Waals surface area contributed by atoms with Gasteiger partial charge in [-0.25, -0.2) is 4.98 Å². The van der Waals surface area contributed by atoms with Crippen LogP contribution in [0.3, 0.4) is 0 Å². The summed E-state index contributed by atoms with van der Waals surface area (Å²) in [5, 5.41) is 14.1. The average molecular weight is 417 g/mol. The van der Waals surface area contributed by atoms with Crippen molar-refractivity contribution in [2.24, 2.45) is 0 Å². The van der Waals surface area contributed by atoms with Crippen LogP contribution in [-0.2, 0) is 11.2 Å². The average Bonchev–Trinajstić information content (AvgIpc) is 3.12. The number of carboxylic acid groups (broad SMARTS) is 1. The smallest absolute Gasteiger partial charge is 0.303 e. The van der Waals surface area contributed by atoms with Crippen molar-refractivity contribution in [3.05, 3.63) is 96.4 Å². The van der Waals surface area contributed by atoms with Crippen LogP contribution < -0.4 is 0 Å². The molecule has 5 rings (SSSR count). The molecular formula is C25H21ClN2O2. The minimum Gasteiger partial charge on any atom is -0.481 e. The van der Waals surface area contributed by atoms with E-state index in [0.29, 0.717) is 6.42 Å². The largest absolute Gasteiger partial charge is 0.481 e. The van der Waals surface area contributed by atoms with Gasteiger partial charge < -0.3 is 9.51 Å². The van der Waals surface area contributed by atoms with E-state index in [1.54, 1.807) is 0 Å². The van der Waals surface area contributed by atoms with Crippen LogP contribution in [-0.4, -0.2) is 20.5 Å². The maximum absolute atomic E-state index is 11.5. The van der Waals surface area contributed by atoms with Crippen molar-refractivity contribution < 1.29 is 9.90 Å². The Morgan fingerprint density at radius 1 is 0.867 bits per heavy atom. The van der Waals surface area contributed by atoms with Gasteiger partial charge in [0.05, 0.1) is 12.1 Å². The monoisotopic (exact) mass is 416 g/mol. The molecule has 0 aliphatic rings. The fourth-order valence-corrected chi connectivity index (χ4v) is 4.05. The molecule has 0 bridgehead atoms. The lowest BCUT2D eigenvalue weighted by Gasteiger charge is -2.15. The number of aliphatic carboxylic acids is 1. The molecule has 5 aromatic rings. The fourth-order valence-electron chi connectivity index (χ4n) is 4.05. The number of nitrogens with zero attached hydrogens (tertiary/aromatic N) is 2. The van der Waals surface area contributed by atoms with Gasteiger partial charge in [0.1, 0.15) is 5.65 Å². The Kier molecular flexibility index (Phi) is 5.42. The molecule has 0 aliphatic carbocycles. The third-order valence-corrected chi connectivity index (χ3v) is 5.49. The molecule has 150 valence electrons. The molecule has 5 heteroatoms. The summed E-state index contributed by atoms with van der Waals surface area (Å²) in [6.07, 6.45) is 4.75. The maximum Gasteiger partial charge on any atom is 0.303 e. The lowest BCUT2D eigenvalue weighted by atomic mass is 9.90. The number of halogens is 1. The predicted octanol–water partition coefficient (Wildman–Crippen LogP) is 5.86. The molecule has 0 saturated heterocycles. The van der Waals surface area contributed by atoms with Gasteiger partial charge in [-0.3, -0.25) is 4.79 Å². The van der Waals surface area contributed by atoms with Crippen LogP contribution in [0.2, 0.25) is 0 Å². The minimum absolute atomic E-state index is 0. The molecule has 2 aromatic heterocycles. The van der Waals surface area contributed by atoms with E-state index >= 15 is 0 Å². The second-order valence-corrected chi connectivity index (χ2v) is 7.51. The van der Waals surface area contributed by atoms with E-state index in [2.05, 4.69) is 48.7 Å². The first-order chi connectivity index (χ1) is 14.2. The van der Waals surface area contributed by atoms with E-state index in [4.69, 9.17) is 4.98 Å². The molecule has 2 heterocycles. The highest BCUT2D eigenvalue weighted by molar-refractivity contribution is 5.86. The summed E-state index contributed by atoms with van der Waals surface area (Å²) in [4.78, 5) is 16.3. The van der Waals surface area contributed by atoms with Crippen molar-refractivity contribution in [1.82, 2.24) is 9.38 Å². The molecule has 0 fully saturated rings. The maximum atomic E-state index is 11.5. The van der Waals surface area contributed by atoms with Gasteiger partial charge in [-0.1, -0.05) is 66.7 Å². The zero-order valence-corrected chi connectivity index (χ0v) is 17.0. The minimum atomic E-state index is -0.794. The molecule has 1 unspecified atom stereocenters. The van der Waals surface area contributed by atoms with Crippen molar-refractivity contribution in [2.75, 3.05) is 0 Å². The quantitative estimate of drug-likeness (QED) is 0.390. The van der Waals surface area contributed by atoms with E-state index in [1.165, 1.54) is 0 Å². The SMILES string of the molecule is Cl.O=C(O)CC(Cc1cn2cc3ccccc3cc2n1)c1ccc2ccccc2c1. The van der Waals surface area contributed by atoms with Crippen LogP contribution in [0.4, 0.5) is 0 Å². The first kappa shape index (κ1) is 19.9. The van der Waals surface area contributed by atoms with Crippen molar-refractivity contribution >= 4 is 45.6 Å². The fraction of sp³-hybridized carbons (Fsp3) is 0.120. The number of hydrogen-bond acceptors (Lipinski definition) is 2. The summed E-state index contributed by atoms with van der Waals surface area (Å²) in [5.74, 6) is -0.922. The van der Waals surface area contributed by atoms with Gasteiger partial charge in [0.25, 0.3) is 0 Å². The van der Waals surface area contributed by atoms with Gasteiger partial charge in [-0.15, -0.1) is 12.4 Å². The van der Waals surface area contributed by atoms with Crippen LogP contribution >= 0.6 is 12.4 Å². The summed E-state index contributed by atoms with van der Waals surface area (Å²) in [6, 6.07) is 24.6. The number of carbonyl (C=O) groups is 1. The number of carboxylic acids is 1. The summed E-state index contributed by atoms with van der Waals surface area (Å²) < 4.78 is 2.02. The Morgan fingerprint density at radius 2 is 1.53 bits per heavy atom. The molecule has 0 amide bonds. The first-order valence-electron chi connectivity index (χ1n) is 9.72. The van der Waals surface area contributed by atoms with Crippen molar-refractivity contribution in [2.45, 2.75) is 18.8 Å². The Labute approximate surface area is 180 Å². The summed E-state index contributed by atoms with van der Waals surface area (Å²) in [7, 11) is 0. The summed E-state index contributed by atoms with van der Waals surface area (Å²) in [5.41, 5.74) is 2.82. The number of hydrogen-bond donors (Lipinski definition) is 1. The summed E-state index contributed by atoms with van der Waals surface area (Å²) in [6.45, 7) is 0. The Morgan fingerprint density at radius 3 is 2.27 bits per heavy atom. The molecule has 0 spiro atoms. The topological polar surface area (TPSA) is 54.6 Å². The third kappa shape index (κ3) is 3.87. The second kappa shape index (κ2) is 8.17. The van der Waals surface area contributed by atoms with Gasteiger partial charge in [-0.2, -0.15) is 0 Å². The lowest BCUT2D eigenvalue weighted by molar-refractivity contribution is -0.137. The highest BCUT2D eigenvalue weighted by atomic mass is 35.5. The van der Waals surface area contributed by atoms with Gasteiger partial charge in [-0.05, 0) is 45.5 Å². The zero-order chi connectivity index (χ0) is 19.8. The Bertz CT molecular complexity index is 1310. The molecule has 1 N–H and O–H groups in total. The highest BCUT2D eigenvalue weighted by Crippen LogP contribution is 2.28. The summed E-state index contributed by atoms with van der Waals surface area (Å²) >= 11 is 0. The number of rotatable bonds is 5. The van der Waals surface area contributed by atoms with Crippen LogP contribution in [0.15, 0.2) is 85.2 Å². The molecule has 1 atom stereocenters. The molecule has 0 radical (unpaired) electrons. The lowest BCUT2D eigenvalue weighted by Crippen LogP contribution is -2.09. The highest BCUT2D eigenvalue weighted by Gasteiger charge is 2.18. The van der Waals surface area contributed by atoms with Crippen LogP contribution in [0.5, 0.6) is 0 Å². The van der Waals surface area contributed by atoms with Gasteiger partial charge in [0, 0.05) is 12.4 Å². The normalized spacial score (nSPS) is 12.1. The molecule has 0 saturated carbocycles. The van der Waals surface area contributed by atoms with Crippen LogP contribution in [0.25, 0.3) is 27.2 Å². The van der Waals surface area contributed by atoms with Gasteiger partial charge >= 0.3 is 5.97 Å². The number of fused-ring (bicyclic) bond motifs is 3. The van der Waals surface area contributed by atoms with E-state index in [-0.39, 0.29) is 24.7 Å². The Balaban J connectivity index is 0.00000218. The van der Waals surface area contributed by atoms with Crippen LogP contribution in [0.1, 0.15) is 23.6 Å².